The second kappa shape index (κ2) is 4.01. The number of benzene rings is 1. The average molecular weight is 248 g/mol. The van der Waals surface area contributed by atoms with Gasteiger partial charge in [-0.05, 0) is 17.2 Å². The summed E-state index contributed by atoms with van der Waals surface area (Å²) in [6.07, 6.45) is -0.411. The molecule has 0 heterocycles. The van der Waals surface area contributed by atoms with Gasteiger partial charge in [-0.1, -0.05) is 0 Å². The van der Waals surface area contributed by atoms with Crippen molar-refractivity contribution in [2.75, 3.05) is 0 Å². The molecule has 2 rings (SSSR count). The van der Waals surface area contributed by atoms with Crippen LogP contribution in [0.3, 0.4) is 0 Å². The lowest BCUT2D eigenvalue weighted by atomic mass is 10.0. The summed E-state index contributed by atoms with van der Waals surface area (Å²) in [5, 5.41) is 17.4. The first-order valence-corrected chi connectivity index (χ1v) is 4.75. The maximum Gasteiger partial charge on any atom is 0.195 e. The lowest BCUT2D eigenvalue weighted by molar-refractivity contribution is 0.0999. The Morgan fingerprint density at radius 2 is 1.78 bits per heavy atom. The summed E-state index contributed by atoms with van der Waals surface area (Å²) < 4.78 is 39.5. The quantitative estimate of drug-likeness (QED) is 0.523. The van der Waals surface area contributed by atoms with Crippen LogP contribution in [-0.2, 0) is 0 Å². The largest absolute Gasteiger partial charge is 0.294 e. The lowest BCUT2D eigenvalue weighted by Gasteiger charge is -2.03. The van der Waals surface area contributed by atoms with Crippen LogP contribution in [0.4, 0.5) is 13.2 Å². The Balaban J connectivity index is 2.86. The second-order valence-electron chi connectivity index (χ2n) is 3.59. The van der Waals surface area contributed by atoms with Crippen molar-refractivity contribution in [2.24, 2.45) is 0 Å². The van der Waals surface area contributed by atoms with Crippen molar-refractivity contribution >= 4 is 11.4 Å². The summed E-state index contributed by atoms with van der Waals surface area (Å²) in [6, 6.07) is 3.70. The Hall–Kier alpha value is -2.60. The number of allylic oxidation sites excluding steroid dienone is 2. The van der Waals surface area contributed by atoms with Gasteiger partial charge < -0.3 is 0 Å². The second-order valence-corrected chi connectivity index (χ2v) is 3.59. The molecule has 1 aromatic rings. The molecule has 0 radical (unpaired) electrons. The topological polar surface area (TPSA) is 64.7 Å². The molecule has 1 aliphatic carbocycles. The monoisotopic (exact) mass is 248 g/mol. The molecule has 0 atom stereocenters. The zero-order valence-corrected chi connectivity index (χ0v) is 8.72. The van der Waals surface area contributed by atoms with Gasteiger partial charge in [-0.15, -0.1) is 0 Å². The van der Waals surface area contributed by atoms with Crippen LogP contribution < -0.4 is 0 Å². The fraction of sp³-hybridized carbons (Fsp3) is 0.0833. The number of nitrogens with zero attached hydrogens (tertiary/aromatic N) is 2. The molecule has 0 spiro atoms. The van der Waals surface area contributed by atoms with Gasteiger partial charge in [-0.2, -0.15) is 10.5 Å². The molecule has 0 saturated heterocycles. The van der Waals surface area contributed by atoms with Crippen LogP contribution in [0.15, 0.2) is 11.6 Å². The van der Waals surface area contributed by atoms with Gasteiger partial charge in [0.25, 0.3) is 0 Å². The number of hydrogen-bond acceptors (Lipinski definition) is 3. The third-order valence-electron chi connectivity index (χ3n) is 2.63. The van der Waals surface area contributed by atoms with Crippen molar-refractivity contribution in [2.45, 2.75) is 6.42 Å². The Morgan fingerprint density at radius 3 is 2.33 bits per heavy atom. The van der Waals surface area contributed by atoms with Gasteiger partial charge in [0.1, 0.15) is 17.7 Å². The van der Waals surface area contributed by atoms with Crippen LogP contribution in [0.25, 0.3) is 5.57 Å². The van der Waals surface area contributed by atoms with Crippen molar-refractivity contribution in [3.8, 4) is 12.1 Å². The van der Waals surface area contributed by atoms with E-state index in [1.165, 1.54) is 12.1 Å². The highest BCUT2D eigenvalue weighted by molar-refractivity contribution is 6.13. The SMILES string of the molecule is N#CC(C#N)=C1CC(=O)c2c1cc(F)c(F)c2F. The highest BCUT2D eigenvalue weighted by Crippen LogP contribution is 2.37. The first kappa shape index (κ1) is 11.9. The van der Waals surface area contributed by atoms with E-state index in [1.54, 1.807) is 0 Å². The summed E-state index contributed by atoms with van der Waals surface area (Å²) in [7, 11) is 0. The minimum atomic E-state index is -1.74. The number of ketones is 1. The first-order chi connectivity index (χ1) is 8.51. The minimum Gasteiger partial charge on any atom is -0.294 e. The van der Waals surface area contributed by atoms with E-state index < -0.39 is 40.8 Å². The van der Waals surface area contributed by atoms with Crippen LogP contribution in [0.1, 0.15) is 22.3 Å². The normalized spacial score (nSPS) is 12.9. The number of nitriles is 2. The summed E-state index contributed by atoms with van der Waals surface area (Å²) >= 11 is 0. The Kier molecular flexibility index (Phi) is 2.64. The Bertz CT molecular complexity index is 677. The predicted octanol–water partition coefficient (Wildman–Crippen LogP) is 2.49. The van der Waals surface area contributed by atoms with Crippen molar-refractivity contribution in [3.63, 3.8) is 0 Å². The average Bonchev–Trinajstić information content (AvgIpc) is 2.65. The molecule has 0 saturated carbocycles. The van der Waals surface area contributed by atoms with E-state index in [-0.39, 0.29) is 11.1 Å². The molecule has 0 N–H and O–H groups in total. The number of halogens is 3. The van der Waals surface area contributed by atoms with Crippen LogP contribution in [0, 0.1) is 40.1 Å². The van der Waals surface area contributed by atoms with Gasteiger partial charge in [0.2, 0.25) is 0 Å². The van der Waals surface area contributed by atoms with Crippen molar-refractivity contribution in [3.05, 3.63) is 40.2 Å². The van der Waals surface area contributed by atoms with Gasteiger partial charge in [0, 0.05) is 6.42 Å². The Labute approximate surface area is 99.4 Å². The lowest BCUT2D eigenvalue weighted by Crippen LogP contribution is -2.02. The zero-order chi connectivity index (χ0) is 13.4. The van der Waals surface area contributed by atoms with E-state index in [4.69, 9.17) is 10.5 Å². The standard InChI is InChI=1S/C12H3F3N2O/c13-8-1-7-6(5(3-16)4-17)2-9(18)10(7)12(15)11(8)14/h1H,2H2. The minimum absolute atomic E-state index is 0.0715. The molecule has 0 bridgehead atoms. The molecular formula is C12H3F3N2O. The molecule has 1 aromatic carbocycles. The smallest absolute Gasteiger partial charge is 0.195 e. The fourth-order valence-corrected chi connectivity index (χ4v) is 1.83. The van der Waals surface area contributed by atoms with Crippen LogP contribution in [0.2, 0.25) is 0 Å². The van der Waals surface area contributed by atoms with Gasteiger partial charge in [-0.3, -0.25) is 4.79 Å². The molecule has 3 nitrogen and oxygen atoms in total. The fourth-order valence-electron chi connectivity index (χ4n) is 1.83. The summed E-state index contributed by atoms with van der Waals surface area (Å²) in [6.45, 7) is 0. The van der Waals surface area contributed by atoms with Crippen LogP contribution in [0.5, 0.6) is 0 Å². The highest BCUT2D eigenvalue weighted by atomic mass is 19.2. The molecule has 0 amide bonds. The number of hydrogen-bond donors (Lipinski definition) is 0. The van der Waals surface area contributed by atoms with E-state index in [1.807, 2.05) is 0 Å². The molecule has 1 aliphatic rings. The maximum absolute atomic E-state index is 13.4. The molecule has 6 heteroatoms. The van der Waals surface area contributed by atoms with Gasteiger partial charge >= 0.3 is 0 Å². The number of fused-ring (bicyclic) bond motifs is 1. The molecule has 0 aliphatic heterocycles. The first-order valence-electron chi connectivity index (χ1n) is 4.75. The van der Waals surface area contributed by atoms with Gasteiger partial charge in [0.05, 0.1) is 5.56 Å². The maximum atomic E-state index is 13.4. The third-order valence-corrected chi connectivity index (χ3v) is 2.63. The van der Waals surface area contributed by atoms with Gasteiger partial charge in [0.15, 0.2) is 23.2 Å². The molecule has 0 unspecified atom stereocenters. The number of Topliss-reactive ketones (excluding diaryl/α,β-unsaturated/α-hetero) is 1. The molecule has 0 fully saturated rings. The molecule has 18 heavy (non-hydrogen) atoms. The van der Waals surface area contributed by atoms with Crippen molar-refractivity contribution in [1.82, 2.24) is 0 Å². The summed E-state index contributed by atoms with van der Waals surface area (Å²) in [4.78, 5) is 11.5. The van der Waals surface area contributed by atoms with Crippen LogP contribution >= 0.6 is 0 Å². The third kappa shape index (κ3) is 1.47. The molecule has 0 aromatic heterocycles. The number of carbonyl (C=O) groups excluding carboxylic acids is 1. The summed E-state index contributed by atoms with van der Waals surface area (Å²) in [5.41, 5.74) is -1.31. The molecular weight excluding hydrogens is 245 g/mol. The van der Waals surface area contributed by atoms with E-state index in [9.17, 15) is 18.0 Å². The van der Waals surface area contributed by atoms with E-state index >= 15 is 0 Å². The number of carbonyl (C=O) groups is 1. The van der Waals surface area contributed by atoms with E-state index in [2.05, 4.69) is 0 Å². The Morgan fingerprint density at radius 1 is 1.17 bits per heavy atom. The zero-order valence-electron chi connectivity index (χ0n) is 8.72. The van der Waals surface area contributed by atoms with Crippen LogP contribution in [-0.4, -0.2) is 5.78 Å². The highest BCUT2D eigenvalue weighted by Gasteiger charge is 2.33. The predicted molar refractivity (Wildman–Crippen MR) is 53.4 cm³/mol. The summed E-state index contributed by atoms with van der Waals surface area (Å²) in [5.74, 6) is -5.56. The van der Waals surface area contributed by atoms with Crippen molar-refractivity contribution in [1.29, 1.82) is 10.5 Å². The van der Waals surface area contributed by atoms with E-state index in [0.29, 0.717) is 6.07 Å². The molecule has 88 valence electrons. The number of rotatable bonds is 0. The van der Waals surface area contributed by atoms with Crippen molar-refractivity contribution < 1.29 is 18.0 Å². The van der Waals surface area contributed by atoms with E-state index in [0.717, 1.165) is 0 Å². The van der Waals surface area contributed by atoms with Gasteiger partial charge in [-0.25, -0.2) is 13.2 Å².